The van der Waals surface area contributed by atoms with Crippen molar-refractivity contribution in [3.63, 3.8) is 0 Å². The van der Waals surface area contributed by atoms with Crippen molar-refractivity contribution in [1.29, 1.82) is 0 Å². The maximum absolute atomic E-state index is 5.47. The van der Waals surface area contributed by atoms with Crippen molar-refractivity contribution < 1.29 is 9.02 Å². The first-order valence-electron chi connectivity index (χ1n) is 6.08. The van der Waals surface area contributed by atoms with Gasteiger partial charge in [-0.3, -0.25) is 4.84 Å². The number of hydrogen-bond acceptors (Lipinski definition) is 5. The first-order valence-corrected chi connectivity index (χ1v) is 7.76. The van der Waals surface area contributed by atoms with Gasteiger partial charge in [-0.2, -0.15) is 0 Å². The first kappa shape index (κ1) is 15.9. The third kappa shape index (κ3) is 7.28. The molecule has 5 heteroatoms. The van der Waals surface area contributed by atoms with E-state index in [9.17, 15) is 0 Å². The summed E-state index contributed by atoms with van der Waals surface area (Å²) >= 11 is 3.07. The Morgan fingerprint density at radius 3 is 2.56 bits per heavy atom. The molecule has 1 aromatic rings. The molecule has 18 heavy (non-hydrogen) atoms. The first-order chi connectivity index (χ1) is 8.72. The van der Waals surface area contributed by atoms with Gasteiger partial charge >= 0.3 is 0 Å². The zero-order chi connectivity index (χ0) is 13.2. The van der Waals surface area contributed by atoms with Gasteiger partial charge in [0.25, 0.3) is 0 Å². The summed E-state index contributed by atoms with van der Waals surface area (Å²) in [6.45, 7) is 5.39. The summed E-state index contributed by atoms with van der Waals surface area (Å²) in [5.41, 5.74) is 1.26. The highest BCUT2D eigenvalue weighted by atomic mass is 32.2. The van der Waals surface area contributed by atoms with E-state index < -0.39 is 0 Å². The molecule has 0 bridgehead atoms. The molecule has 0 aliphatic rings. The average molecular weight is 287 g/mol. The van der Waals surface area contributed by atoms with Gasteiger partial charge in [0.15, 0.2) is 0 Å². The molecule has 0 aromatic heterocycles. The van der Waals surface area contributed by atoms with Crippen LogP contribution in [0.5, 0.6) is 0 Å². The molecule has 0 fully saturated rings. The molecule has 1 aromatic carbocycles. The van der Waals surface area contributed by atoms with Gasteiger partial charge in [-0.05, 0) is 25.5 Å². The van der Waals surface area contributed by atoms with Crippen molar-refractivity contribution in [2.24, 2.45) is 0 Å². The number of aryl methyl sites for hydroxylation is 1. The fraction of sp³-hybridized carbons (Fsp3) is 0.538. The molecule has 0 spiro atoms. The Morgan fingerprint density at radius 2 is 1.89 bits per heavy atom. The summed E-state index contributed by atoms with van der Waals surface area (Å²) in [6, 6.07) is 8.28. The van der Waals surface area contributed by atoms with Crippen molar-refractivity contribution >= 4 is 24.0 Å². The lowest BCUT2D eigenvalue weighted by Gasteiger charge is -2.14. The minimum Gasteiger partial charge on any atom is -0.308 e. The largest absolute Gasteiger partial charge is 0.308 e. The SMILES string of the molecule is CCCSN(C)OCCOSc1ccc(C)cc1. The minimum absolute atomic E-state index is 0.575. The molecule has 3 nitrogen and oxygen atoms in total. The van der Waals surface area contributed by atoms with Crippen LogP contribution in [-0.2, 0) is 9.02 Å². The van der Waals surface area contributed by atoms with Crippen molar-refractivity contribution in [2.45, 2.75) is 25.2 Å². The van der Waals surface area contributed by atoms with E-state index >= 15 is 0 Å². The van der Waals surface area contributed by atoms with Gasteiger partial charge in [0, 0.05) is 29.7 Å². The molecule has 0 heterocycles. The Bertz CT molecular complexity index is 319. The normalized spacial score (nSPS) is 11.1. The Hall–Kier alpha value is -0.200. The lowest BCUT2D eigenvalue weighted by molar-refractivity contribution is -0.0638. The van der Waals surface area contributed by atoms with E-state index in [0.29, 0.717) is 13.2 Å². The van der Waals surface area contributed by atoms with Gasteiger partial charge in [-0.25, -0.2) is 0 Å². The van der Waals surface area contributed by atoms with Gasteiger partial charge in [0.2, 0.25) is 0 Å². The maximum Gasteiger partial charge on any atom is 0.0942 e. The molecule has 0 radical (unpaired) electrons. The van der Waals surface area contributed by atoms with Crippen LogP contribution in [0, 0.1) is 6.92 Å². The van der Waals surface area contributed by atoms with Crippen LogP contribution in [0.2, 0.25) is 0 Å². The standard InChI is InChI=1S/C13H21NO2S2/c1-4-11-17-14(3)15-9-10-16-18-13-7-5-12(2)6-8-13/h5-8H,4,9-11H2,1-3H3. The van der Waals surface area contributed by atoms with Crippen LogP contribution in [0.15, 0.2) is 29.2 Å². The van der Waals surface area contributed by atoms with E-state index in [1.807, 2.05) is 7.05 Å². The number of rotatable bonds is 9. The Labute approximate surface area is 119 Å². The summed E-state index contributed by atoms with van der Waals surface area (Å²) in [6.07, 6.45) is 1.15. The number of hydroxylamine groups is 1. The summed E-state index contributed by atoms with van der Waals surface area (Å²) in [5.74, 6) is 1.08. The van der Waals surface area contributed by atoms with E-state index in [1.54, 1.807) is 16.4 Å². The van der Waals surface area contributed by atoms with E-state index in [1.165, 1.54) is 17.6 Å². The Morgan fingerprint density at radius 1 is 1.17 bits per heavy atom. The summed E-state index contributed by atoms with van der Waals surface area (Å²) in [4.78, 5) is 6.58. The third-order valence-electron chi connectivity index (χ3n) is 2.09. The predicted molar refractivity (Wildman–Crippen MR) is 79.5 cm³/mol. The Balaban J connectivity index is 2.03. The average Bonchev–Trinajstić information content (AvgIpc) is 2.38. The summed E-state index contributed by atoms with van der Waals surface area (Å²) in [7, 11) is 1.92. The van der Waals surface area contributed by atoms with Crippen molar-refractivity contribution in [3.05, 3.63) is 29.8 Å². The minimum atomic E-state index is 0.575. The molecule has 0 amide bonds. The van der Waals surface area contributed by atoms with E-state index in [-0.39, 0.29) is 0 Å². The summed E-state index contributed by atoms with van der Waals surface area (Å²) < 4.78 is 7.27. The van der Waals surface area contributed by atoms with E-state index in [0.717, 1.165) is 17.1 Å². The van der Waals surface area contributed by atoms with Gasteiger partial charge in [0.05, 0.1) is 13.2 Å². The molecule has 1 rings (SSSR count). The molecule has 0 saturated carbocycles. The van der Waals surface area contributed by atoms with Gasteiger partial charge < -0.3 is 4.18 Å². The fourth-order valence-electron chi connectivity index (χ4n) is 1.16. The van der Waals surface area contributed by atoms with Crippen molar-refractivity contribution in [3.8, 4) is 0 Å². The molecule has 102 valence electrons. The zero-order valence-electron chi connectivity index (χ0n) is 11.2. The number of hydrogen-bond donors (Lipinski definition) is 0. The second-order valence-electron chi connectivity index (χ2n) is 3.82. The van der Waals surface area contributed by atoms with Gasteiger partial charge in [-0.15, -0.1) is 4.47 Å². The van der Waals surface area contributed by atoms with E-state index in [2.05, 4.69) is 38.1 Å². The van der Waals surface area contributed by atoms with Crippen LogP contribution in [0.1, 0.15) is 18.9 Å². The lowest BCUT2D eigenvalue weighted by Crippen LogP contribution is -2.14. The fourth-order valence-corrected chi connectivity index (χ4v) is 2.28. The summed E-state index contributed by atoms with van der Waals surface area (Å²) in [5, 5.41) is 0. The molecular formula is C13H21NO2S2. The van der Waals surface area contributed by atoms with Crippen LogP contribution < -0.4 is 0 Å². The third-order valence-corrected chi connectivity index (χ3v) is 3.90. The van der Waals surface area contributed by atoms with Crippen LogP contribution in [-0.4, -0.2) is 30.5 Å². The van der Waals surface area contributed by atoms with Gasteiger partial charge in [-0.1, -0.05) is 36.6 Å². The molecule has 0 atom stereocenters. The van der Waals surface area contributed by atoms with Crippen LogP contribution in [0.25, 0.3) is 0 Å². The molecule has 0 saturated heterocycles. The van der Waals surface area contributed by atoms with Crippen LogP contribution in [0.3, 0.4) is 0 Å². The van der Waals surface area contributed by atoms with Gasteiger partial charge in [0.1, 0.15) is 0 Å². The van der Waals surface area contributed by atoms with Crippen molar-refractivity contribution in [2.75, 3.05) is 26.0 Å². The molecule has 0 N–H and O–H groups in total. The predicted octanol–water partition coefficient (Wildman–Crippen LogP) is 3.94. The smallest absolute Gasteiger partial charge is 0.0942 e. The molecular weight excluding hydrogens is 266 g/mol. The lowest BCUT2D eigenvalue weighted by atomic mass is 10.2. The highest BCUT2D eigenvalue weighted by molar-refractivity contribution is 7.96. The quantitative estimate of drug-likeness (QED) is 0.296. The second-order valence-corrected chi connectivity index (χ2v) is 5.88. The molecule has 0 aliphatic carbocycles. The monoisotopic (exact) mass is 287 g/mol. The number of benzene rings is 1. The van der Waals surface area contributed by atoms with Crippen LogP contribution in [0.4, 0.5) is 0 Å². The Kier molecular flexibility index (Phi) is 8.54. The molecule has 0 aliphatic heterocycles. The van der Waals surface area contributed by atoms with Crippen LogP contribution >= 0.6 is 24.0 Å². The molecule has 0 unspecified atom stereocenters. The number of nitrogens with zero attached hydrogens (tertiary/aromatic N) is 1. The maximum atomic E-state index is 5.47. The second kappa shape index (κ2) is 9.69. The van der Waals surface area contributed by atoms with E-state index in [4.69, 9.17) is 9.02 Å². The highest BCUT2D eigenvalue weighted by Crippen LogP contribution is 2.19. The van der Waals surface area contributed by atoms with Crippen molar-refractivity contribution in [1.82, 2.24) is 4.47 Å². The highest BCUT2D eigenvalue weighted by Gasteiger charge is 1.99. The topological polar surface area (TPSA) is 21.7 Å². The zero-order valence-corrected chi connectivity index (χ0v) is 12.9.